The van der Waals surface area contributed by atoms with E-state index in [0.29, 0.717) is 23.1 Å². The molecule has 0 unspecified atom stereocenters. The fourth-order valence-corrected chi connectivity index (χ4v) is 4.33. The molecule has 0 aliphatic rings. The van der Waals surface area contributed by atoms with Gasteiger partial charge in [-0.3, -0.25) is 4.79 Å². The molecule has 0 saturated heterocycles. The van der Waals surface area contributed by atoms with Crippen LogP contribution in [0.1, 0.15) is 0 Å². The van der Waals surface area contributed by atoms with Gasteiger partial charge < -0.3 is 29.7 Å². The van der Waals surface area contributed by atoms with E-state index in [2.05, 4.69) is 60.9 Å². The van der Waals surface area contributed by atoms with E-state index < -0.39 is 0 Å². The van der Waals surface area contributed by atoms with Gasteiger partial charge in [-0.15, -0.1) is 0 Å². The van der Waals surface area contributed by atoms with Crippen molar-refractivity contribution in [1.82, 2.24) is 19.4 Å². The molecule has 2 N–H and O–H groups in total. The van der Waals surface area contributed by atoms with Crippen LogP contribution in [0.25, 0.3) is 22.2 Å². The maximum Gasteiger partial charge on any atom is 0.248 e. The van der Waals surface area contributed by atoms with Crippen molar-refractivity contribution >= 4 is 52.4 Å². The molecule has 0 bridgehead atoms. The predicted molar refractivity (Wildman–Crippen MR) is 159 cm³/mol. The number of nitrogens with zero attached hydrogens (tertiary/aromatic N) is 5. The van der Waals surface area contributed by atoms with Crippen LogP contribution in [-0.2, 0) is 11.8 Å². The van der Waals surface area contributed by atoms with Crippen molar-refractivity contribution in [2.24, 2.45) is 7.05 Å². The van der Waals surface area contributed by atoms with Crippen molar-refractivity contribution in [3.8, 4) is 17.0 Å². The molecule has 2 heterocycles. The Hall–Kier alpha value is -4.02. The number of ether oxygens (including phenoxy) is 1. The molecule has 198 valence electrons. The molecule has 4 aromatic rings. The number of aromatic nitrogens is 3. The number of nitrogens with one attached hydrogen (secondary N) is 2. The first kappa shape index (κ1) is 27.0. The first-order chi connectivity index (χ1) is 18.3. The van der Waals surface area contributed by atoms with Gasteiger partial charge in [0.2, 0.25) is 11.9 Å². The lowest BCUT2D eigenvalue weighted by atomic mass is 10.1. The lowest BCUT2D eigenvalue weighted by molar-refractivity contribution is -0.111. The van der Waals surface area contributed by atoms with Crippen molar-refractivity contribution in [3.05, 3.63) is 66.3 Å². The second-order valence-corrected chi connectivity index (χ2v) is 9.46. The van der Waals surface area contributed by atoms with Crippen molar-refractivity contribution in [2.45, 2.75) is 0 Å². The third-order valence-electron chi connectivity index (χ3n) is 6.17. The zero-order valence-corrected chi connectivity index (χ0v) is 23.2. The lowest BCUT2D eigenvalue weighted by Crippen LogP contribution is -2.29. The fraction of sp³-hybridized carbons (Fsp3) is 0.250. The summed E-state index contributed by atoms with van der Waals surface area (Å²) in [7, 11) is 9.65. The summed E-state index contributed by atoms with van der Waals surface area (Å²) in [6, 6.07) is 13.8. The van der Waals surface area contributed by atoms with E-state index in [-0.39, 0.29) is 5.91 Å². The Labute approximate surface area is 228 Å². The van der Waals surface area contributed by atoms with Crippen molar-refractivity contribution in [1.29, 1.82) is 0 Å². The smallest absolute Gasteiger partial charge is 0.248 e. The Morgan fingerprint density at radius 1 is 1.13 bits per heavy atom. The number of para-hydroxylation sites is 1. The van der Waals surface area contributed by atoms with Gasteiger partial charge in [0.05, 0.1) is 29.9 Å². The van der Waals surface area contributed by atoms with Crippen LogP contribution in [0.3, 0.4) is 0 Å². The SMILES string of the molecule is COc1cc(N(C)CCN(C)C)c(NC(=O)/C=C/S)cc1Nc1nccc(-c2cn(C)c3ccccc23)n1. The highest BCUT2D eigenvalue weighted by atomic mass is 32.1. The summed E-state index contributed by atoms with van der Waals surface area (Å²) in [5.74, 6) is 0.723. The Morgan fingerprint density at radius 2 is 1.92 bits per heavy atom. The third kappa shape index (κ3) is 6.09. The number of benzene rings is 2. The number of likely N-dealkylation sites (N-methyl/N-ethyl adjacent to an activating group) is 2. The molecule has 0 aliphatic carbocycles. The molecule has 0 fully saturated rings. The van der Waals surface area contributed by atoms with Gasteiger partial charge in [0.1, 0.15) is 5.75 Å². The van der Waals surface area contributed by atoms with Crippen LogP contribution in [0, 0.1) is 0 Å². The van der Waals surface area contributed by atoms with Crippen molar-refractivity contribution in [3.63, 3.8) is 0 Å². The summed E-state index contributed by atoms with van der Waals surface area (Å²) < 4.78 is 7.81. The van der Waals surface area contributed by atoms with E-state index in [9.17, 15) is 4.79 Å². The minimum Gasteiger partial charge on any atom is -0.494 e. The number of methoxy groups -OCH3 is 1. The number of aryl methyl sites for hydroxylation is 1. The summed E-state index contributed by atoms with van der Waals surface area (Å²) in [6.07, 6.45) is 5.15. The molecule has 9 nitrogen and oxygen atoms in total. The molecule has 0 saturated carbocycles. The van der Waals surface area contributed by atoms with Crippen LogP contribution < -0.4 is 20.3 Å². The van der Waals surface area contributed by atoms with E-state index >= 15 is 0 Å². The van der Waals surface area contributed by atoms with E-state index in [4.69, 9.17) is 9.72 Å². The standard InChI is InChI=1S/C28H33N7O2S/c1-33(2)13-14-34(3)25-17-26(37-5)23(16-22(25)30-27(36)11-15-38)32-28-29-12-10-21(31-28)20-18-35(4)24-9-7-6-8-19(20)24/h6-12,15-18,38H,13-14H2,1-5H3,(H,30,36)(H,29,31,32)/b15-11+. The highest BCUT2D eigenvalue weighted by Crippen LogP contribution is 2.38. The molecule has 0 aliphatic heterocycles. The molecule has 1 amide bonds. The average Bonchev–Trinajstić information content (AvgIpc) is 3.24. The van der Waals surface area contributed by atoms with Crippen molar-refractivity contribution in [2.75, 3.05) is 56.9 Å². The van der Waals surface area contributed by atoms with Crippen LogP contribution >= 0.6 is 12.6 Å². The summed E-state index contributed by atoms with van der Waals surface area (Å²) in [4.78, 5) is 25.8. The first-order valence-corrected chi connectivity index (χ1v) is 12.7. The molecule has 38 heavy (non-hydrogen) atoms. The molecule has 0 radical (unpaired) electrons. The van der Waals surface area contributed by atoms with E-state index in [1.165, 1.54) is 11.5 Å². The normalized spacial score (nSPS) is 11.3. The van der Waals surface area contributed by atoms with Crippen LogP contribution in [0.5, 0.6) is 5.75 Å². The molecular weight excluding hydrogens is 498 g/mol. The number of fused-ring (bicyclic) bond motifs is 1. The molecule has 2 aromatic carbocycles. The number of carbonyl (C=O) groups excluding carboxylic acids is 1. The van der Waals surface area contributed by atoms with E-state index in [0.717, 1.165) is 40.9 Å². The summed E-state index contributed by atoms with van der Waals surface area (Å²) >= 11 is 4.02. The van der Waals surface area contributed by atoms with Gasteiger partial charge in [0, 0.05) is 68.2 Å². The molecule has 0 spiro atoms. The summed E-state index contributed by atoms with van der Waals surface area (Å²) in [6.45, 7) is 1.60. The van der Waals surface area contributed by atoms with Gasteiger partial charge in [-0.2, -0.15) is 12.6 Å². The number of hydrogen-bond donors (Lipinski definition) is 3. The Kier molecular flexibility index (Phi) is 8.55. The van der Waals surface area contributed by atoms with Crippen molar-refractivity contribution < 1.29 is 9.53 Å². The average molecular weight is 532 g/mol. The van der Waals surface area contributed by atoms with Gasteiger partial charge >= 0.3 is 0 Å². The predicted octanol–water partition coefficient (Wildman–Crippen LogP) is 4.77. The molecule has 2 aromatic heterocycles. The second kappa shape index (κ2) is 12.0. The monoisotopic (exact) mass is 531 g/mol. The number of carbonyl (C=O) groups is 1. The quantitative estimate of drug-likeness (QED) is 0.201. The zero-order valence-electron chi connectivity index (χ0n) is 22.3. The Morgan fingerprint density at radius 3 is 2.66 bits per heavy atom. The van der Waals surface area contributed by atoms with Gasteiger partial charge in [-0.25, -0.2) is 9.97 Å². The van der Waals surface area contributed by atoms with Crippen LogP contribution in [0.4, 0.5) is 23.0 Å². The minimum absolute atomic E-state index is 0.285. The number of rotatable bonds is 10. The highest BCUT2D eigenvalue weighted by molar-refractivity contribution is 7.83. The lowest BCUT2D eigenvalue weighted by Gasteiger charge is -2.26. The largest absolute Gasteiger partial charge is 0.494 e. The molecule has 4 rings (SSSR count). The number of amides is 1. The van der Waals surface area contributed by atoms with Crippen LogP contribution in [-0.4, -0.2) is 66.7 Å². The van der Waals surface area contributed by atoms with E-state index in [1.807, 2.05) is 58.5 Å². The molecular formula is C28H33N7O2S. The zero-order chi connectivity index (χ0) is 27.2. The van der Waals surface area contributed by atoms with Gasteiger partial charge in [0.25, 0.3) is 0 Å². The van der Waals surface area contributed by atoms with Gasteiger partial charge in [0.15, 0.2) is 0 Å². The minimum atomic E-state index is -0.285. The maximum atomic E-state index is 12.4. The van der Waals surface area contributed by atoms with E-state index in [1.54, 1.807) is 13.3 Å². The third-order valence-corrected chi connectivity index (χ3v) is 6.32. The van der Waals surface area contributed by atoms with Crippen LogP contribution in [0.2, 0.25) is 0 Å². The highest BCUT2D eigenvalue weighted by Gasteiger charge is 2.17. The Bertz CT molecular complexity index is 1470. The maximum absolute atomic E-state index is 12.4. The fourth-order valence-electron chi connectivity index (χ4n) is 4.20. The summed E-state index contributed by atoms with van der Waals surface area (Å²) in [5, 5.41) is 8.75. The van der Waals surface area contributed by atoms with Crippen LogP contribution in [0.15, 0.2) is 66.3 Å². The first-order valence-electron chi connectivity index (χ1n) is 12.1. The molecule has 0 atom stereocenters. The second-order valence-electron chi connectivity index (χ2n) is 9.16. The topological polar surface area (TPSA) is 87.5 Å². The summed E-state index contributed by atoms with van der Waals surface area (Å²) in [5.41, 5.74) is 5.01. The van der Waals surface area contributed by atoms with Gasteiger partial charge in [-0.05, 0) is 37.7 Å². The molecule has 10 heteroatoms. The number of anilines is 4. The number of thiol groups is 1. The van der Waals surface area contributed by atoms with Gasteiger partial charge in [-0.1, -0.05) is 18.2 Å². The number of hydrogen-bond acceptors (Lipinski definition) is 8. The Balaban J connectivity index is 1.71.